The van der Waals surface area contributed by atoms with E-state index < -0.39 is 0 Å². The van der Waals surface area contributed by atoms with E-state index in [2.05, 4.69) is 212 Å². The minimum atomic E-state index is 1.09. The molecule has 0 spiro atoms. The number of rotatable bonds is 15. The molecule has 0 atom stereocenters. The molecule has 6 aromatic carbocycles. The Morgan fingerprint density at radius 3 is 1.61 bits per heavy atom. The molecule has 0 unspecified atom stereocenters. The third-order valence-corrected chi connectivity index (χ3v) is 11.2. The smallest absolute Gasteiger partial charge is 0.0541 e. The van der Waals surface area contributed by atoms with Gasteiger partial charge in [0.05, 0.1) is 22.1 Å². The van der Waals surface area contributed by atoms with Crippen molar-refractivity contribution in [2.45, 2.75) is 20.8 Å². The molecular formula is C66H62N4. The van der Waals surface area contributed by atoms with Crippen LogP contribution in [0.1, 0.15) is 25.0 Å². The Bertz CT molecular complexity index is 3360. The SMILES string of the molecule is C/C=C/C=C\C=C/C=C/C=C/C=C\C=C/N.C=C/C=C/C=C\C(=C/C=C(\C=C/C)n1c2ccccc2c2cc(-c3ccc4c(c3)c3ccccc3n4-c3ccccc3)ccc21)c1cccc(C)c1.C=N. The molecule has 0 aliphatic carbocycles. The van der Waals surface area contributed by atoms with E-state index in [0.29, 0.717) is 0 Å². The number of aromatic nitrogens is 2. The number of allylic oxidation sites excluding steroid dienone is 24. The van der Waals surface area contributed by atoms with Crippen LogP contribution in [0.2, 0.25) is 0 Å². The highest BCUT2D eigenvalue weighted by atomic mass is 15.0. The number of nitrogens with zero attached hydrogens (tertiary/aromatic N) is 2. The molecule has 0 saturated carbocycles. The average Bonchev–Trinajstić information content (AvgIpc) is 3.91. The Hall–Kier alpha value is -8.99. The summed E-state index contributed by atoms with van der Waals surface area (Å²) in [5, 5.41) is 10.5. The zero-order valence-corrected chi connectivity index (χ0v) is 40.4. The molecular weight excluding hydrogens is 849 g/mol. The van der Waals surface area contributed by atoms with Crippen LogP contribution in [0.15, 0.2) is 286 Å². The van der Waals surface area contributed by atoms with E-state index in [9.17, 15) is 0 Å². The Morgan fingerprint density at radius 2 is 1.00 bits per heavy atom. The number of fused-ring (bicyclic) bond motifs is 6. The van der Waals surface area contributed by atoms with Crippen molar-refractivity contribution in [1.82, 2.24) is 9.13 Å². The van der Waals surface area contributed by atoms with Crippen LogP contribution in [0.3, 0.4) is 0 Å². The molecule has 346 valence electrons. The highest BCUT2D eigenvalue weighted by molar-refractivity contribution is 6.13. The van der Waals surface area contributed by atoms with Crippen LogP contribution >= 0.6 is 0 Å². The topological polar surface area (TPSA) is 59.7 Å². The van der Waals surface area contributed by atoms with Crippen molar-refractivity contribution >= 4 is 61.6 Å². The summed E-state index contributed by atoms with van der Waals surface area (Å²) in [6.07, 6.45) is 45.6. The van der Waals surface area contributed by atoms with Crippen molar-refractivity contribution in [2.75, 3.05) is 0 Å². The Balaban J connectivity index is 0.000000383. The molecule has 8 rings (SSSR count). The van der Waals surface area contributed by atoms with Gasteiger partial charge in [0, 0.05) is 32.9 Å². The first-order valence-electron chi connectivity index (χ1n) is 23.4. The summed E-state index contributed by atoms with van der Waals surface area (Å²) in [6.45, 7) is 12.5. The van der Waals surface area contributed by atoms with Crippen molar-refractivity contribution in [3.8, 4) is 16.8 Å². The van der Waals surface area contributed by atoms with Crippen LogP contribution in [0.25, 0.3) is 71.7 Å². The van der Waals surface area contributed by atoms with E-state index >= 15 is 0 Å². The Labute approximate surface area is 414 Å². The van der Waals surface area contributed by atoms with Gasteiger partial charge in [-0.1, -0.05) is 219 Å². The predicted octanol–water partition coefficient (Wildman–Crippen LogP) is 17.7. The summed E-state index contributed by atoms with van der Waals surface area (Å²) in [5.41, 5.74) is 18.1. The molecule has 0 fully saturated rings. The van der Waals surface area contributed by atoms with Gasteiger partial charge in [0.25, 0.3) is 0 Å². The lowest BCUT2D eigenvalue weighted by Gasteiger charge is -2.10. The molecule has 0 bridgehead atoms. The van der Waals surface area contributed by atoms with Gasteiger partial charge in [-0.15, -0.1) is 0 Å². The highest BCUT2D eigenvalue weighted by Crippen LogP contribution is 2.38. The number of nitrogens with two attached hydrogens (primary N) is 1. The van der Waals surface area contributed by atoms with Crippen LogP contribution in [0.5, 0.6) is 0 Å². The van der Waals surface area contributed by atoms with Crippen LogP contribution in [-0.4, -0.2) is 15.9 Å². The fourth-order valence-corrected chi connectivity index (χ4v) is 8.18. The molecule has 0 aliphatic rings. The third-order valence-electron chi connectivity index (χ3n) is 11.2. The summed E-state index contributed by atoms with van der Waals surface area (Å²) < 4.78 is 4.75. The minimum absolute atomic E-state index is 1.09. The van der Waals surface area contributed by atoms with Crippen LogP contribution < -0.4 is 5.73 Å². The van der Waals surface area contributed by atoms with Crippen LogP contribution in [0, 0.1) is 12.3 Å². The first-order chi connectivity index (χ1) is 34.6. The average molecular weight is 911 g/mol. The zero-order valence-electron chi connectivity index (χ0n) is 40.4. The van der Waals surface area contributed by atoms with Crippen molar-refractivity contribution in [3.63, 3.8) is 0 Å². The zero-order chi connectivity index (χ0) is 49.3. The maximum Gasteiger partial charge on any atom is 0.0541 e. The van der Waals surface area contributed by atoms with Gasteiger partial charge in [-0.2, -0.15) is 0 Å². The number of hydrogen-bond acceptors (Lipinski definition) is 2. The lowest BCUT2D eigenvalue weighted by molar-refractivity contribution is 1.18. The number of para-hydroxylation sites is 3. The molecule has 4 nitrogen and oxygen atoms in total. The maximum absolute atomic E-state index is 5.50. The van der Waals surface area contributed by atoms with Crippen molar-refractivity contribution in [1.29, 1.82) is 5.41 Å². The fraction of sp³-hybridized carbons (Fsp3) is 0.0455. The normalized spacial score (nSPS) is 12.9. The second-order valence-electron chi connectivity index (χ2n) is 15.9. The van der Waals surface area contributed by atoms with E-state index in [-0.39, 0.29) is 0 Å². The first-order valence-corrected chi connectivity index (χ1v) is 23.4. The molecule has 2 aromatic heterocycles. The first kappa shape index (κ1) is 50.4. The fourth-order valence-electron chi connectivity index (χ4n) is 8.18. The quantitative estimate of drug-likeness (QED) is 0.0781. The third kappa shape index (κ3) is 12.9. The summed E-state index contributed by atoms with van der Waals surface area (Å²) in [6, 6.07) is 50.5. The van der Waals surface area contributed by atoms with E-state index in [1.54, 1.807) is 12.2 Å². The number of hydrogen-bond donors (Lipinski definition) is 2. The van der Waals surface area contributed by atoms with E-state index in [1.165, 1.54) is 77.8 Å². The van der Waals surface area contributed by atoms with E-state index in [1.807, 2.05) is 92.0 Å². The van der Waals surface area contributed by atoms with E-state index in [0.717, 1.165) is 11.3 Å². The van der Waals surface area contributed by atoms with Gasteiger partial charge in [0.2, 0.25) is 0 Å². The molecule has 0 saturated heterocycles. The lowest BCUT2D eigenvalue weighted by Crippen LogP contribution is -1.94. The van der Waals surface area contributed by atoms with Crippen molar-refractivity contribution < 1.29 is 0 Å². The molecule has 2 heterocycles. The van der Waals surface area contributed by atoms with Gasteiger partial charge in [-0.25, -0.2) is 0 Å². The molecule has 70 heavy (non-hydrogen) atoms. The molecule has 3 N–H and O–H groups in total. The lowest BCUT2D eigenvalue weighted by atomic mass is 10.0. The summed E-state index contributed by atoms with van der Waals surface area (Å²) >= 11 is 0. The van der Waals surface area contributed by atoms with E-state index in [4.69, 9.17) is 11.1 Å². The van der Waals surface area contributed by atoms with Gasteiger partial charge in [-0.05, 0) is 123 Å². The van der Waals surface area contributed by atoms with Gasteiger partial charge in [0.1, 0.15) is 0 Å². The summed E-state index contributed by atoms with van der Waals surface area (Å²) in [5.74, 6) is 0. The maximum atomic E-state index is 5.50. The molecule has 4 heteroatoms. The molecule has 8 aromatic rings. The van der Waals surface area contributed by atoms with Gasteiger partial charge in [0.15, 0.2) is 0 Å². The minimum Gasteiger partial charge on any atom is -0.405 e. The Morgan fingerprint density at radius 1 is 0.471 bits per heavy atom. The second kappa shape index (κ2) is 27.0. The standard InChI is InChI=1S/C50H40N2.C15H19N.CH3N/c1-4-6-7-9-19-37(38-20-16-18-36(3)33-38)27-30-41(17-5-2)51-47-25-14-12-23-43(47)45-34-39(28-31-49(45)51)40-29-32-50-46(35-40)44-24-13-15-26-48(44)52(50)42-21-10-8-11-22-42;1-2-3-4-5-6-7-8-9-10-11-12-13-14-15-16;1-2/h4-35H,1H2,2-3H3;2-15H,16H2,1H3;2H,1H2/b7-6+,17-5-,19-9-,37-27+,41-30+;3-2+,5-4-,7-6-,9-8+,11-10+,13-12-,15-14-;. The molecule has 0 aliphatic heterocycles. The monoisotopic (exact) mass is 910 g/mol. The summed E-state index contributed by atoms with van der Waals surface area (Å²) in [7, 11) is 0. The predicted molar refractivity (Wildman–Crippen MR) is 310 cm³/mol. The number of nitrogens with one attached hydrogen (secondary N) is 1. The number of aryl methyl sites for hydroxylation is 1. The van der Waals surface area contributed by atoms with Gasteiger partial charge < -0.3 is 20.3 Å². The number of benzene rings is 6. The molecule has 0 radical (unpaired) electrons. The van der Waals surface area contributed by atoms with Gasteiger partial charge in [-0.3, -0.25) is 0 Å². The van der Waals surface area contributed by atoms with Crippen LogP contribution in [-0.2, 0) is 0 Å². The second-order valence-corrected chi connectivity index (χ2v) is 15.9. The van der Waals surface area contributed by atoms with Crippen LogP contribution in [0.4, 0.5) is 0 Å². The summed E-state index contributed by atoms with van der Waals surface area (Å²) in [4.78, 5) is 0. The Kier molecular flexibility index (Phi) is 19.4. The van der Waals surface area contributed by atoms with Crippen molar-refractivity contribution in [3.05, 3.63) is 297 Å². The van der Waals surface area contributed by atoms with Crippen molar-refractivity contribution in [2.24, 2.45) is 5.73 Å². The molecule has 0 amide bonds. The van der Waals surface area contributed by atoms with Gasteiger partial charge >= 0.3 is 0 Å². The highest BCUT2D eigenvalue weighted by Gasteiger charge is 2.16. The largest absolute Gasteiger partial charge is 0.405 e.